The number of benzene rings is 1. The van der Waals surface area contributed by atoms with Gasteiger partial charge in [-0.1, -0.05) is 6.07 Å². The largest absolute Gasteiger partial charge is 0.494 e. The van der Waals surface area contributed by atoms with Gasteiger partial charge in [-0.2, -0.15) is 4.39 Å². The highest BCUT2D eigenvalue weighted by Gasteiger charge is 2.25. The second-order valence-electron chi connectivity index (χ2n) is 3.33. The van der Waals surface area contributed by atoms with Gasteiger partial charge in [0.25, 0.3) is 0 Å². The van der Waals surface area contributed by atoms with Crippen molar-refractivity contribution < 1.29 is 23.8 Å². The van der Waals surface area contributed by atoms with Gasteiger partial charge in [-0.05, 0) is 6.07 Å². The lowest BCUT2D eigenvalue weighted by Crippen LogP contribution is -2.22. The fourth-order valence-electron chi connectivity index (χ4n) is 1.55. The Kier molecular flexibility index (Phi) is 4.28. The molecule has 0 saturated heterocycles. The van der Waals surface area contributed by atoms with Gasteiger partial charge < -0.3 is 20.3 Å². The van der Waals surface area contributed by atoms with Gasteiger partial charge in [0.05, 0.1) is 20.1 Å². The van der Waals surface area contributed by atoms with Crippen LogP contribution in [0.15, 0.2) is 12.1 Å². The number of halogens is 1. The molecule has 0 heterocycles. The van der Waals surface area contributed by atoms with Gasteiger partial charge in [0, 0.05) is 12.1 Å². The van der Waals surface area contributed by atoms with Crippen LogP contribution in [0.4, 0.5) is 4.39 Å². The van der Waals surface area contributed by atoms with Crippen molar-refractivity contribution in [1.82, 2.24) is 0 Å². The van der Waals surface area contributed by atoms with E-state index in [2.05, 4.69) is 0 Å². The summed E-state index contributed by atoms with van der Waals surface area (Å²) in [7, 11) is 2.58. The highest BCUT2D eigenvalue weighted by atomic mass is 19.1. The SMILES string of the molecule is COc1ccc(C(CN)C(=O)O)c(OC)c1F. The summed E-state index contributed by atoms with van der Waals surface area (Å²) in [5, 5.41) is 8.97. The van der Waals surface area contributed by atoms with Crippen LogP contribution in [-0.4, -0.2) is 31.8 Å². The molecule has 0 amide bonds. The fourth-order valence-corrected chi connectivity index (χ4v) is 1.55. The molecule has 0 aromatic heterocycles. The van der Waals surface area contributed by atoms with E-state index in [1.54, 1.807) is 0 Å². The number of nitrogens with two attached hydrogens (primary N) is 1. The minimum absolute atomic E-state index is 0.00763. The average Bonchev–Trinajstić information content (AvgIpc) is 2.30. The zero-order chi connectivity index (χ0) is 13.0. The van der Waals surface area contributed by atoms with Gasteiger partial charge in [-0.3, -0.25) is 4.79 Å². The van der Waals surface area contributed by atoms with E-state index >= 15 is 0 Å². The molecule has 1 atom stereocenters. The van der Waals surface area contributed by atoms with Crippen molar-refractivity contribution in [3.63, 3.8) is 0 Å². The van der Waals surface area contributed by atoms with Crippen LogP contribution in [0.2, 0.25) is 0 Å². The second-order valence-corrected chi connectivity index (χ2v) is 3.33. The molecule has 1 rings (SSSR count). The molecule has 6 heteroatoms. The molecule has 0 radical (unpaired) electrons. The highest BCUT2D eigenvalue weighted by molar-refractivity contribution is 5.77. The van der Waals surface area contributed by atoms with Crippen molar-refractivity contribution >= 4 is 5.97 Å². The number of carbonyl (C=O) groups is 1. The quantitative estimate of drug-likeness (QED) is 0.805. The number of methoxy groups -OCH3 is 2. The zero-order valence-electron chi connectivity index (χ0n) is 9.57. The number of hydrogen-bond acceptors (Lipinski definition) is 4. The molecule has 0 fully saturated rings. The highest BCUT2D eigenvalue weighted by Crippen LogP contribution is 2.34. The molecule has 0 saturated carbocycles. The monoisotopic (exact) mass is 243 g/mol. The Morgan fingerprint density at radius 1 is 1.47 bits per heavy atom. The summed E-state index contributed by atoms with van der Waals surface area (Å²) in [5.41, 5.74) is 5.56. The van der Waals surface area contributed by atoms with Crippen molar-refractivity contribution in [2.75, 3.05) is 20.8 Å². The fraction of sp³-hybridized carbons (Fsp3) is 0.364. The van der Waals surface area contributed by atoms with Crippen LogP contribution in [-0.2, 0) is 4.79 Å². The first kappa shape index (κ1) is 13.2. The topological polar surface area (TPSA) is 81.8 Å². The van der Waals surface area contributed by atoms with Gasteiger partial charge in [0.2, 0.25) is 5.82 Å². The molecule has 0 bridgehead atoms. The number of rotatable bonds is 5. The zero-order valence-corrected chi connectivity index (χ0v) is 9.57. The van der Waals surface area contributed by atoms with Gasteiger partial charge >= 0.3 is 5.97 Å². The maximum absolute atomic E-state index is 13.8. The first-order valence-corrected chi connectivity index (χ1v) is 4.90. The molecule has 0 aliphatic rings. The Bertz CT molecular complexity index is 422. The molecular formula is C11H14FNO4. The van der Waals surface area contributed by atoms with Crippen LogP contribution in [0.3, 0.4) is 0 Å². The van der Waals surface area contributed by atoms with E-state index in [9.17, 15) is 9.18 Å². The Hall–Kier alpha value is -1.82. The Balaban J connectivity index is 3.33. The molecule has 5 nitrogen and oxygen atoms in total. The van der Waals surface area contributed by atoms with Crippen molar-refractivity contribution in [3.05, 3.63) is 23.5 Å². The maximum atomic E-state index is 13.8. The summed E-state index contributed by atoms with van der Waals surface area (Å²) in [6.45, 7) is -0.141. The van der Waals surface area contributed by atoms with Crippen LogP contribution in [0.5, 0.6) is 11.5 Å². The van der Waals surface area contributed by atoms with Crippen LogP contribution in [0.25, 0.3) is 0 Å². The number of hydrogen-bond donors (Lipinski definition) is 2. The predicted molar refractivity (Wildman–Crippen MR) is 58.9 cm³/mol. The molecule has 94 valence electrons. The van der Waals surface area contributed by atoms with Crippen LogP contribution >= 0.6 is 0 Å². The van der Waals surface area contributed by atoms with Gasteiger partial charge in [0.15, 0.2) is 11.5 Å². The van der Waals surface area contributed by atoms with E-state index < -0.39 is 17.7 Å². The third-order valence-corrected chi connectivity index (χ3v) is 2.43. The first-order chi connectivity index (χ1) is 8.06. The molecule has 0 aliphatic carbocycles. The van der Waals surface area contributed by atoms with Gasteiger partial charge in [-0.25, -0.2) is 0 Å². The molecule has 0 spiro atoms. The van der Waals surface area contributed by atoms with Crippen molar-refractivity contribution in [2.24, 2.45) is 5.73 Å². The molecule has 1 aromatic carbocycles. The molecule has 0 aliphatic heterocycles. The number of carboxylic acid groups (broad SMARTS) is 1. The van der Waals surface area contributed by atoms with E-state index in [1.807, 2.05) is 0 Å². The van der Waals surface area contributed by atoms with Crippen molar-refractivity contribution in [1.29, 1.82) is 0 Å². The van der Waals surface area contributed by atoms with E-state index in [-0.39, 0.29) is 23.6 Å². The second kappa shape index (κ2) is 5.49. The lowest BCUT2D eigenvalue weighted by atomic mass is 9.98. The summed E-state index contributed by atoms with van der Waals surface area (Å²) >= 11 is 0. The van der Waals surface area contributed by atoms with Crippen molar-refractivity contribution in [2.45, 2.75) is 5.92 Å². The molecular weight excluding hydrogens is 229 g/mol. The third kappa shape index (κ3) is 2.47. The minimum Gasteiger partial charge on any atom is -0.494 e. The third-order valence-electron chi connectivity index (χ3n) is 2.43. The Labute approximate surface area is 97.9 Å². The summed E-state index contributed by atoms with van der Waals surface area (Å²) in [6.07, 6.45) is 0. The predicted octanol–water partition coefficient (Wildman–Crippen LogP) is 0.970. The van der Waals surface area contributed by atoms with Crippen LogP contribution in [0.1, 0.15) is 11.5 Å². The molecule has 1 unspecified atom stereocenters. The van der Waals surface area contributed by atoms with E-state index in [0.717, 1.165) is 0 Å². The van der Waals surface area contributed by atoms with E-state index in [1.165, 1.54) is 26.4 Å². The van der Waals surface area contributed by atoms with Gasteiger partial charge in [0.1, 0.15) is 0 Å². The summed E-state index contributed by atoms with van der Waals surface area (Å²) in [5.74, 6) is -3.03. The lowest BCUT2D eigenvalue weighted by molar-refractivity contribution is -0.138. The molecule has 17 heavy (non-hydrogen) atoms. The number of aliphatic carboxylic acids is 1. The normalized spacial score (nSPS) is 12.0. The molecule has 1 aromatic rings. The lowest BCUT2D eigenvalue weighted by Gasteiger charge is -2.16. The smallest absolute Gasteiger partial charge is 0.312 e. The number of carboxylic acids is 1. The standard InChI is InChI=1S/C11H14FNO4/c1-16-8-4-3-6(7(5-13)11(14)15)10(17-2)9(8)12/h3-4,7H,5,13H2,1-2H3,(H,14,15). The van der Waals surface area contributed by atoms with Crippen LogP contribution in [0, 0.1) is 5.82 Å². The Morgan fingerprint density at radius 3 is 2.53 bits per heavy atom. The summed E-state index contributed by atoms with van der Waals surface area (Å²) in [4.78, 5) is 11.0. The van der Waals surface area contributed by atoms with Crippen molar-refractivity contribution in [3.8, 4) is 11.5 Å². The van der Waals surface area contributed by atoms with Gasteiger partial charge in [-0.15, -0.1) is 0 Å². The first-order valence-electron chi connectivity index (χ1n) is 4.90. The van der Waals surface area contributed by atoms with E-state index in [0.29, 0.717) is 0 Å². The van der Waals surface area contributed by atoms with Crippen LogP contribution < -0.4 is 15.2 Å². The Morgan fingerprint density at radius 2 is 2.12 bits per heavy atom. The summed E-state index contributed by atoms with van der Waals surface area (Å²) in [6, 6.07) is 2.78. The summed E-state index contributed by atoms with van der Waals surface area (Å²) < 4.78 is 23.5. The number of ether oxygens (including phenoxy) is 2. The average molecular weight is 243 g/mol. The maximum Gasteiger partial charge on any atom is 0.312 e. The van der Waals surface area contributed by atoms with E-state index in [4.69, 9.17) is 20.3 Å². The molecule has 3 N–H and O–H groups in total. The minimum atomic E-state index is -1.13.